The van der Waals surface area contributed by atoms with Gasteiger partial charge in [0.25, 0.3) is 0 Å². The first-order chi connectivity index (χ1) is 11.8. The van der Waals surface area contributed by atoms with E-state index in [-0.39, 0.29) is 17.7 Å². The van der Waals surface area contributed by atoms with Crippen molar-refractivity contribution in [2.24, 2.45) is 5.73 Å². The summed E-state index contributed by atoms with van der Waals surface area (Å²) in [4.78, 5) is 25.9. The van der Waals surface area contributed by atoms with Crippen LogP contribution in [0.3, 0.4) is 0 Å². The Morgan fingerprint density at radius 2 is 1.84 bits per heavy atom. The van der Waals surface area contributed by atoms with E-state index in [1.807, 2.05) is 6.07 Å². The van der Waals surface area contributed by atoms with Crippen LogP contribution in [0, 0.1) is 0 Å². The minimum absolute atomic E-state index is 0.0783. The van der Waals surface area contributed by atoms with Crippen molar-refractivity contribution in [3.05, 3.63) is 48.8 Å². The first kappa shape index (κ1) is 18.6. The lowest BCUT2D eigenvalue weighted by Crippen LogP contribution is -2.41. The van der Waals surface area contributed by atoms with Gasteiger partial charge in [-0.25, -0.2) is 8.42 Å². The van der Waals surface area contributed by atoms with Gasteiger partial charge in [0, 0.05) is 18.8 Å². The topological polar surface area (TPSA) is 139 Å². The third kappa shape index (κ3) is 5.10. The second-order valence-electron chi connectivity index (χ2n) is 5.28. The van der Waals surface area contributed by atoms with Crippen LogP contribution in [0.25, 0.3) is 11.1 Å². The number of hydrogen-bond acceptors (Lipinski definition) is 5. The standard InChI is InChI=1S/C16H17N3O5S/c17-15(20)8-7-14(16(21)22)19-25(23,24)13-5-3-11(4-6-13)12-2-1-9-18-10-12/h1-6,9-10,14,19H,7-8H2,(H2,17,20)(H,21,22). The summed E-state index contributed by atoms with van der Waals surface area (Å²) in [5.74, 6) is -2.08. The van der Waals surface area contributed by atoms with Crippen LogP contribution in [0.2, 0.25) is 0 Å². The molecule has 1 aromatic heterocycles. The number of carboxylic acid groups (broad SMARTS) is 1. The van der Waals surface area contributed by atoms with Crippen LogP contribution in [0.5, 0.6) is 0 Å². The Morgan fingerprint density at radius 1 is 1.16 bits per heavy atom. The summed E-state index contributed by atoms with van der Waals surface area (Å²) in [6.45, 7) is 0. The van der Waals surface area contributed by atoms with Gasteiger partial charge in [-0.2, -0.15) is 4.72 Å². The lowest BCUT2D eigenvalue weighted by atomic mass is 10.1. The highest BCUT2D eigenvalue weighted by Gasteiger charge is 2.25. The van der Waals surface area contributed by atoms with Crippen LogP contribution in [-0.4, -0.2) is 36.4 Å². The fourth-order valence-electron chi connectivity index (χ4n) is 2.13. The zero-order valence-corrected chi connectivity index (χ0v) is 13.9. The minimum Gasteiger partial charge on any atom is -0.480 e. The molecule has 0 spiro atoms. The molecule has 132 valence electrons. The maximum atomic E-state index is 12.3. The molecular formula is C16H17N3O5S. The Balaban J connectivity index is 2.18. The van der Waals surface area contributed by atoms with Crippen LogP contribution >= 0.6 is 0 Å². The summed E-state index contributed by atoms with van der Waals surface area (Å²) in [5.41, 5.74) is 6.57. The molecule has 1 aromatic carbocycles. The molecule has 8 nitrogen and oxygen atoms in total. The van der Waals surface area contributed by atoms with Gasteiger partial charge in [-0.3, -0.25) is 14.6 Å². The highest BCUT2D eigenvalue weighted by atomic mass is 32.2. The SMILES string of the molecule is NC(=O)CCC(NS(=O)(=O)c1ccc(-c2cccnc2)cc1)C(=O)O. The van der Waals surface area contributed by atoms with E-state index in [9.17, 15) is 18.0 Å². The summed E-state index contributed by atoms with van der Waals surface area (Å²) >= 11 is 0. The first-order valence-corrected chi connectivity index (χ1v) is 8.82. The van der Waals surface area contributed by atoms with Crippen molar-refractivity contribution in [1.29, 1.82) is 0 Å². The molecule has 1 heterocycles. The predicted octanol–water partition coefficient (Wildman–Crippen LogP) is 0.746. The number of hydrogen-bond donors (Lipinski definition) is 3. The molecule has 1 amide bonds. The minimum atomic E-state index is -4.05. The smallest absolute Gasteiger partial charge is 0.321 e. The molecule has 25 heavy (non-hydrogen) atoms. The van der Waals surface area contributed by atoms with E-state index in [0.29, 0.717) is 0 Å². The predicted molar refractivity (Wildman–Crippen MR) is 89.8 cm³/mol. The summed E-state index contributed by atoms with van der Waals surface area (Å²) in [6.07, 6.45) is 2.81. The fourth-order valence-corrected chi connectivity index (χ4v) is 3.36. The van der Waals surface area contributed by atoms with E-state index >= 15 is 0 Å². The zero-order chi connectivity index (χ0) is 18.4. The highest BCUT2D eigenvalue weighted by molar-refractivity contribution is 7.89. The molecule has 0 saturated heterocycles. The maximum Gasteiger partial charge on any atom is 0.321 e. The molecule has 9 heteroatoms. The lowest BCUT2D eigenvalue weighted by molar-refractivity contribution is -0.139. The molecule has 0 fully saturated rings. The van der Waals surface area contributed by atoms with E-state index in [1.54, 1.807) is 30.6 Å². The average molecular weight is 363 g/mol. The number of pyridine rings is 1. The van der Waals surface area contributed by atoms with Crippen LogP contribution in [0.15, 0.2) is 53.7 Å². The normalized spacial score (nSPS) is 12.5. The first-order valence-electron chi connectivity index (χ1n) is 7.33. The van der Waals surface area contributed by atoms with Gasteiger partial charge in [0.1, 0.15) is 6.04 Å². The molecule has 1 atom stereocenters. The number of carbonyl (C=O) groups is 2. The lowest BCUT2D eigenvalue weighted by Gasteiger charge is -2.14. The highest BCUT2D eigenvalue weighted by Crippen LogP contribution is 2.20. The van der Waals surface area contributed by atoms with Crippen molar-refractivity contribution in [2.45, 2.75) is 23.8 Å². The van der Waals surface area contributed by atoms with Crippen LogP contribution < -0.4 is 10.5 Å². The monoisotopic (exact) mass is 363 g/mol. The Bertz CT molecular complexity index is 851. The quantitative estimate of drug-likeness (QED) is 0.632. The number of nitrogens with one attached hydrogen (secondary N) is 1. The van der Waals surface area contributed by atoms with Gasteiger partial charge >= 0.3 is 5.97 Å². The average Bonchev–Trinajstić information content (AvgIpc) is 2.59. The summed E-state index contributed by atoms with van der Waals surface area (Å²) in [7, 11) is -4.05. The van der Waals surface area contributed by atoms with Crippen molar-refractivity contribution in [2.75, 3.05) is 0 Å². The van der Waals surface area contributed by atoms with E-state index in [1.165, 1.54) is 12.1 Å². The molecule has 2 aromatic rings. The largest absolute Gasteiger partial charge is 0.480 e. The van der Waals surface area contributed by atoms with Crippen molar-refractivity contribution >= 4 is 21.9 Å². The number of carbonyl (C=O) groups excluding carboxylic acids is 1. The number of aromatic nitrogens is 1. The number of aliphatic carboxylic acids is 1. The maximum absolute atomic E-state index is 12.3. The Hall–Kier alpha value is -2.78. The van der Waals surface area contributed by atoms with E-state index < -0.39 is 27.9 Å². The van der Waals surface area contributed by atoms with E-state index in [0.717, 1.165) is 11.1 Å². The number of nitrogens with two attached hydrogens (primary N) is 1. The molecular weight excluding hydrogens is 346 g/mol. The van der Waals surface area contributed by atoms with Gasteiger partial charge < -0.3 is 10.8 Å². The van der Waals surface area contributed by atoms with Gasteiger partial charge in [0.2, 0.25) is 15.9 Å². The Kier molecular flexibility index (Phi) is 5.84. The molecule has 0 radical (unpaired) electrons. The van der Waals surface area contributed by atoms with Gasteiger partial charge in [0.05, 0.1) is 4.90 Å². The molecule has 0 saturated carbocycles. The molecule has 0 aliphatic carbocycles. The van der Waals surface area contributed by atoms with Gasteiger partial charge in [-0.15, -0.1) is 0 Å². The number of sulfonamides is 1. The Labute approximate surface area is 144 Å². The molecule has 0 aliphatic rings. The second-order valence-corrected chi connectivity index (χ2v) is 7.00. The Morgan fingerprint density at radius 3 is 2.36 bits per heavy atom. The third-order valence-corrected chi connectivity index (χ3v) is 4.92. The van der Waals surface area contributed by atoms with Crippen LogP contribution in [0.1, 0.15) is 12.8 Å². The molecule has 1 unspecified atom stereocenters. The van der Waals surface area contributed by atoms with Crippen molar-refractivity contribution in [3.63, 3.8) is 0 Å². The van der Waals surface area contributed by atoms with Gasteiger partial charge in [-0.05, 0) is 35.7 Å². The van der Waals surface area contributed by atoms with Crippen molar-refractivity contribution in [3.8, 4) is 11.1 Å². The second kappa shape index (κ2) is 7.86. The van der Waals surface area contributed by atoms with Crippen molar-refractivity contribution in [1.82, 2.24) is 9.71 Å². The number of nitrogens with zero attached hydrogens (tertiary/aromatic N) is 1. The molecule has 4 N–H and O–H groups in total. The zero-order valence-electron chi connectivity index (χ0n) is 13.1. The van der Waals surface area contributed by atoms with Gasteiger partial charge in [-0.1, -0.05) is 18.2 Å². The summed E-state index contributed by atoms with van der Waals surface area (Å²) in [5, 5.41) is 9.10. The number of primary amides is 1. The van der Waals surface area contributed by atoms with Crippen molar-refractivity contribution < 1.29 is 23.1 Å². The molecule has 0 aliphatic heterocycles. The summed E-state index contributed by atoms with van der Waals surface area (Å²) < 4.78 is 26.7. The third-order valence-electron chi connectivity index (χ3n) is 3.43. The van der Waals surface area contributed by atoms with E-state index in [2.05, 4.69) is 9.71 Å². The number of amides is 1. The van der Waals surface area contributed by atoms with Crippen LogP contribution in [-0.2, 0) is 19.6 Å². The van der Waals surface area contributed by atoms with E-state index in [4.69, 9.17) is 10.8 Å². The van der Waals surface area contributed by atoms with Gasteiger partial charge in [0.15, 0.2) is 0 Å². The molecule has 2 rings (SSSR count). The molecule has 0 bridgehead atoms. The fraction of sp³-hybridized carbons (Fsp3) is 0.188. The summed E-state index contributed by atoms with van der Waals surface area (Å²) in [6, 6.07) is 8.11. The number of benzene rings is 1. The number of carboxylic acids is 1. The number of rotatable bonds is 8. The van der Waals surface area contributed by atoms with Crippen LogP contribution in [0.4, 0.5) is 0 Å².